The number of aromatic nitrogens is 2. The first kappa shape index (κ1) is 18.4. The van der Waals surface area contributed by atoms with Gasteiger partial charge in [-0.25, -0.2) is 0 Å². The van der Waals surface area contributed by atoms with Crippen LogP contribution in [0.2, 0.25) is 0 Å². The maximum absolute atomic E-state index is 12.6. The Kier molecular flexibility index (Phi) is 5.80. The van der Waals surface area contributed by atoms with E-state index in [-0.39, 0.29) is 11.3 Å². The molecule has 1 aliphatic heterocycles. The fraction of sp³-hybridized carbons (Fsp3) is 0.850. The van der Waals surface area contributed by atoms with Crippen molar-refractivity contribution in [2.75, 3.05) is 13.1 Å². The number of carbonyl (C=O) groups is 1. The third-order valence-electron chi connectivity index (χ3n) is 5.53. The Labute approximate surface area is 151 Å². The van der Waals surface area contributed by atoms with E-state index >= 15 is 0 Å². The van der Waals surface area contributed by atoms with Crippen LogP contribution in [0.15, 0.2) is 4.42 Å². The minimum atomic E-state index is 0.138. The summed E-state index contributed by atoms with van der Waals surface area (Å²) in [5.41, 5.74) is 0.138. The summed E-state index contributed by atoms with van der Waals surface area (Å²) in [5.74, 6) is 2.72. The fourth-order valence-corrected chi connectivity index (χ4v) is 4.15. The van der Waals surface area contributed by atoms with Gasteiger partial charge in [-0.1, -0.05) is 46.5 Å². The molecule has 1 aliphatic carbocycles. The maximum atomic E-state index is 12.6. The summed E-state index contributed by atoms with van der Waals surface area (Å²) in [6.07, 6.45) is 9.93. The highest BCUT2D eigenvalue weighted by Gasteiger charge is 2.29. The molecule has 1 aromatic heterocycles. The average molecular weight is 348 g/mol. The molecule has 1 unspecified atom stereocenters. The first-order chi connectivity index (χ1) is 11.9. The number of likely N-dealkylation sites (tertiary alicyclic amines) is 1. The molecule has 2 heterocycles. The molecule has 1 atom stereocenters. The number of amides is 1. The van der Waals surface area contributed by atoms with E-state index in [9.17, 15) is 4.79 Å². The summed E-state index contributed by atoms with van der Waals surface area (Å²) in [7, 11) is 0. The van der Waals surface area contributed by atoms with Crippen molar-refractivity contribution in [3.63, 3.8) is 0 Å². The van der Waals surface area contributed by atoms with Gasteiger partial charge in [0.1, 0.15) is 0 Å². The predicted octanol–water partition coefficient (Wildman–Crippen LogP) is 4.33. The second kappa shape index (κ2) is 7.88. The Morgan fingerprint density at radius 3 is 2.64 bits per heavy atom. The first-order valence-corrected chi connectivity index (χ1v) is 10.0. The Bertz CT molecular complexity index is 570. The molecule has 0 bridgehead atoms. The highest BCUT2D eigenvalue weighted by Crippen LogP contribution is 2.31. The molecule has 5 nitrogen and oxygen atoms in total. The van der Waals surface area contributed by atoms with E-state index in [1.807, 2.05) is 4.90 Å². The number of carbonyl (C=O) groups excluding carboxylic acids is 1. The van der Waals surface area contributed by atoms with Gasteiger partial charge in [-0.3, -0.25) is 4.79 Å². The van der Waals surface area contributed by atoms with Gasteiger partial charge in [-0.2, -0.15) is 0 Å². The predicted molar refractivity (Wildman–Crippen MR) is 97.2 cm³/mol. The van der Waals surface area contributed by atoms with Crippen molar-refractivity contribution in [3.8, 4) is 0 Å². The average Bonchev–Trinajstić information content (AvgIpc) is 3.23. The molecule has 140 valence electrons. The largest absolute Gasteiger partial charge is 0.425 e. The highest BCUT2D eigenvalue weighted by molar-refractivity contribution is 5.76. The summed E-state index contributed by atoms with van der Waals surface area (Å²) in [6.45, 7) is 8.12. The molecule has 3 rings (SSSR count). The van der Waals surface area contributed by atoms with Gasteiger partial charge >= 0.3 is 0 Å². The third kappa shape index (κ3) is 5.29. The van der Waals surface area contributed by atoms with Crippen LogP contribution in [0.25, 0.3) is 0 Å². The second-order valence-electron chi connectivity index (χ2n) is 9.14. The van der Waals surface area contributed by atoms with E-state index in [1.165, 1.54) is 25.7 Å². The van der Waals surface area contributed by atoms with Crippen LogP contribution in [0, 0.1) is 11.3 Å². The van der Waals surface area contributed by atoms with Gasteiger partial charge < -0.3 is 9.32 Å². The molecule has 0 aromatic carbocycles. The molecule has 0 radical (unpaired) electrons. The number of piperidine rings is 1. The lowest BCUT2D eigenvalue weighted by molar-refractivity contribution is -0.132. The minimum absolute atomic E-state index is 0.138. The van der Waals surface area contributed by atoms with Crippen molar-refractivity contribution in [1.82, 2.24) is 15.1 Å². The van der Waals surface area contributed by atoms with Crippen molar-refractivity contribution < 1.29 is 9.21 Å². The van der Waals surface area contributed by atoms with Gasteiger partial charge in [0.05, 0.1) is 5.92 Å². The molecule has 0 N–H and O–H groups in total. The zero-order valence-electron chi connectivity index (χ0n) is 16.1. The smallest absolute Gasteiger partial charge is 0.222 e. The standard InChI is InChI=1S/C20H33N3O2/c1-20(2,3)13-17-21-22-19(25-17)16-9-6-12-23(14-16)18(24)11-10-15-7-4-5-8-15/h15-16H,4-14H2,1-3H3. The SMILES string of the molecule is CC(C)(C)Cc1nnc(C2CCCN(C(=O)CCC3CCCC3)C2)o1. The fourth-order valence-electron chi connectivity index (χ4n) is 4.15. The minimum Gasteiger partial charge on any atom is -0.425 e. The molecule has 2 fully saturated rings. The Morgan fingerprint density at radius 1 is 1.16 bits per heavy atom. The van der Waals surface area contributed by atoms with Gasteiger partial charge in [-0.15, -0.1) is 10.2 Å². The quantitative estimate of drug-likeness (QED) is 0.795. The molecule has 1 saturated heterocycles. The van der Waals surface area contributed by atoms with E-state index in [1.54, 1.807) is 0 Å². The molecule has 5 heteroatoms. The van der Waals surface area contributed by atoms with Crippen LogP contribution in [0.1, 0.15) is 89.8 Å². The molecule has 1 aromatic rings. The van der Waals surface area contributed by atoms with Crippen molar-refractivity contribution in [1.29, 1.82) is 0 Å². The third-order valence-corrected chi connectivity index (χ3v) is 5.53. The molecule has 0 spiro atoms. The summed E-state index contributed by atoms with van der Waals surface area (Å²) in [4.78, 5) is 14.6. The number of hydrogen-bond donors (Lipinski definition) is 0. The molecule has 25 heavy (non-hydrogen) atoms. The Morgan fingerprint density at radius 2 is 1.92 bits per heavy atom. The second-order valence-corrected chi connectivity index (χ2v) is 9.14. The first-order valence-electron chi connectivity index (χ1n) is 10.0. The van der Waals surface area contributed by atoms with E-state index in [0.29, 0.717) is 24.1 Å². The topological polar surface area (TPSA) is 59.2 Å². The maximum Gasteiger partial charge on any atom is 0.222 e. The molecule has 1 saturated carbocycles. The summed E-state index contributed by atoms with van der Waals surface area (Å²) >= 11 is 0. The number of hydrogen-bond acceptors (Lipinski definition) is 4. The molecular weight excluding hydrogens is 314 g/mol. The van der Waals surface area contributed by atoms with E-state index < -0.39 is 0 Å². The molecular formula is C20H33N3O2. The van der Waals surface area contributed by atoms with Gasteiger partial charge in [-0.05, 0) is 30.6 Å². The molecule has 1 amide bonds. The summed E-state index contributed by atoms with van der Waals surface area (Å²) in [5, 5.41) is 8.49. The van der Waals surface area contributed by atoms with Gasteiger partial charge in [0.25, 0.3) is 0 Å². The molecule has 2 aliphatic rings. The Hall–Kier alpha value is -1.39. The monoisotopic (exact) mass is 347 g/mol. The van der Waals surface area contributed by atoms with Crippen LogP contribution in [0.3, 0.4) is 0 Å². The van der Waals surface area contributed by atoms with Crippen LogP contribution >= 0.6 is 0 Å². The van der Waals surface area contributed by atoms with Crippen LogP contribution in [-0.4, -0.2) is 34.1 Å². The van der Waals surface area contributed by atoms with Crippen LogP contribution in [-0.2, 0) is 11.2 Å². The van der Waals surface area contributed by atoms with Crippen LogP contribution < -0.4 is 0 Å². The normalized spacial score (nSPS) is 22.5. The zero-order chi connectivity index (χ0) is 17.9. The lowest BCUT2D eigenvalue weighted by Crippen LogP contribution is -2.39. The van der Waals surface area contributed by atoms with E-state index in [0.717, 1.165) is 44.7 Å². The van der Waals surface area contributed by atoms with Crippen LogP contribution in [0.4, 0.5) is 0 Å². The van der Waals surface area contributed by atoms with E-state index in [2.05, 4.69) is 31.0 Å². The van der Waals surface area contributed by atoms with Gasteiger partial charge in [0.15, 0.2) is 0 Å². The Balaban J connectivity index is 1.52. The van der Waals surface area contributed by atoms with Gasteiger partial charge in [0, 0.05) is 25.9 Å². The lowest BCUT2D eigenvalue weighted by Gasteiger charge is -2.31. The summed E-state index contributed by atoms with van der Waals surface area (Å²) in [6, 6.07) is 0. The van der Waals surface area contributed by atoms with Crippen LogP contribution in [0.5, 0.6) is 0 Å². The number of nitrogens with zero attached hydrogens (tertiary/aromatic N) is 3. The summed E-state index contributed by atoms with van der Waals surface area (Å²) < 4.78 is 5.91. The zero-order valence-corrected chi connectivity index (χ0v) is 16.1. The lowest BCUT2D eigenvalue weighted by atomic mass is 9.92. The van der Waals surface area contributed by atoms with Crippen molar-refractivity contribution in [2.24, 2.45) is 11.3 Å². The van der Waals surface area contributed by atoms with Gasteiger partial charge in [0.2, 0.25) is 17.7 Å². The number of rotatable bonds is 5. The van der Waals surface area contributed by atoms with Crippen molar-refractivity contribution in [3.05, 3.63) is 11.8 Å². The van der Waals surface area contributed by atoms with E-state index in [4.69, 9.17) is 4.42 Å². The highest BCUT2D eigenvalue weighted by atomic mass is 16.4. The van der Waals surface area contributed by atoms with Crippen molar-refractivity contribution >= 4 is 5.91 Å². The van der Waals surface area contributed by atoms with Crippen molar-refractivity contribution in [2.45, 2.75) is 84.5 Å².